The monoisotopic (exact) mass is 266 g/mol. The maximum absolute atomic E-state index is 12.2. The van der Waals surface area contributed by atoms with Crippen molar-refractivity contribution in [1.29, 1.82) is 0 Å². The number of hydrogen-bond acceptors (Lipinski definition) is 3. The zero-order chi connectivity index (χ0) is 14.1. The van der Waals surface area contributed by atoms with Gasteiger partial charge in [0, 0.05) is 24.2 Å². The van der Waals surface area contributed by atoms with Crippen LogP contribution in [0.1, 0.15) is 21.8 Å². The summed E-state index contributed by atoms with van der Waals surface area (Å²) in [5, 5.41) is 2.86. The van der Waals surface area contributed by atoms with E-state index < -0.39 is 0 Å². The normalized spacial score (nSPS) is 10.7. The molecule has 1 heterocycles. The molecule has 1 amide bonds. The number of aromatic nitrogens is 1. The molecule has 3 rings (SSSR count). The largest absolute Gasteiger partial charge is 0.441 e. The lowest BCUT2D eigenvalue weighted by molar-refractivity contribution is 0.102. The van der Waals surface area contributed by atoms with E-state index in [1.165, 1.54) is 0 Å². The Kier molecular flexibility index (Phi) is 2.99. The minimum atomic E-state index is -0.135. The van der Waals surface area contributed by atoms with Crippen LogP contribution in [0.5, 0.6) is 0 Å². The SMILES string of the molecule is Cc1cccc(C(=O)Nc2ccc3nc(C)oc3c2)c1. The van der Waals surface area contributed by atoms with Crippen LogP contribution in [0.2, 0.25) is 0 Å². The van der Waals surface area contributed by atoms with Crippen LogP contribution in [0, 0.1) is 13.8 Å². The molecule has 0 saturated heterocycles. The molecule has 1 aromatic heterocycles. The lowest BCUT2D eigenvalue weighted by atomic mass is 10.1. The first-order valence-electron chi connectivity index (χ1n) is 6.37. The fourth-order valence-corrected chi connectivity index (χ4v) is 2.11. The third kappa shape index (κ3) is 2.40. The Balaban J connectivity index is 1.87. The molecule has 0 spiro atoms. The number of amides is 1. The summed E-state index contributed by atoms with van der Waals surface area (Å²) in [7, 11) is 0. The first-order chi connectivity index (χ1) is 9.61. The van der Waals surface area contributed by atoms with Crippen LogP contribution < -0.4 is 5.32 Å². The predicted molar refractivity (Wildman–Crippen MR) is 77.9 cm³/mol. The van der Waals surface area contributed by atoms with E-state index in [1.54, 1.807) is 19.1 Å². The van der Waals surface area contributed by atoms with Gasteiger partial charge in [0.25, 0.3) is 5.91 Å². The van der Waals surface area contributed by atoms with Gasteiger partial charge in [-0.25, -0.2) is 4.98 Å². The molecule has 0 aliphatic heterocycles. The maximum Gasteiger partial charge on any atom is 0.255 e. The average molecular weight is 266 g/mol. The van der Waals surface area contributed by atoms with E-state index in [2.05, 4.69) is 10.3 Å². The second kappa shape index (κ2) is 4.81. The molecule has 3 aromatic rings. The summed E-state index contributed by atoms with van der Waals surface area (Å²) in [4.78, 5) is 16.4. The molecule has 2 aromatic carbocycles. The van der Waals surface area contributed by atoms with Gasteiger partial charge in [-0.2, -0.15) is 0 Å². The molecule has 4 heteroatoms. The third-order valence-electron chi connectivity index (χ3n) is 3.03. The maximum atomic E-state index is 12.2. The van der Waals surface area contributed by atoms with Gasteiger partial charge in [-0.15, -0.1) is 0 Å². The zero-order valence-electron chi connectivity index (χ0n) is 11.3. The van der Waals surface area contributed by atoms with Crippen molar-refractivity contribution in [2.24, 2.45) is 0 Å². The van der Waals surface area contributed by atoms with Crippen LogP contribution >= 0.6 is 0 Å². The Bertz CT molecular complexity index is 790. The van der Waals surface area contributed by atoms with Gasteiger partial charge in [-0.05, 0) is 31.2 Å². The Morgan fingerprint density at radius 2 is 2.00 bits per heavy atom. The predicted octanol–water partition coefficient (Wildman–Crippen LogP) is 3.70. The number of aryl methyl sites for hydroxylation is 2. The second-order valence-corrected chi connectivity index (χ2v) is 4.74. The molecule has 0 saturated carbocycles. The number of hydrogen-bond donors (Lipinski definition) is 1. The van der Waals surface area contributed by atoms with Crippen LogP contribution in [0.15, 0.2) is 46.9 Å². The van der Waals surface area contributed by atoms with E-state index in [4.69, 9.17) is 4.42 Å². The van der Waals surface area contributed by atoms with Crippen LogP contribution in [0.3, 0.4) is 0 Å². The number of nitrogens with zero attached hydrogens (tertiary/aromatic N) is 1. The van der Waals surface area contributed by atoms with Crippen molar-refractivity contribution in [2.75, 3.05) is 5.32 Å². The Morgan fingerprint density at radius 1 is 1.15 bits per heavy atom. The minimum absolute atomic E-state index is 0.135. The Hall–Kier alpha value is -2.62. The fraction of sp³-hybridized carbons (Fsp3) is 0.125. The summed E-state index contributed by atoms with van der Waals surface area (Å²) >= 11 is 0. The third-order valence-corrected chi connectivity index (χ3v) is 3.03. The molecule has 0 unspecified atom stereocenters. The molecule has 4 nitrogen and oxygen atoms in total. The highest BCUT2D eigenvalue weighted by Gasteiger charge is 2.08. The number of rotatable bonds is 2. The summed E-state index contributed by atoms with van der Waals surface area (Å²) in [5.41, 5.74) is 3.85. The molecular formula is C16H14N2O2. The Labute approximate surface area is 116 Å². The Morgan fingerprint density at radius 3 is 2.80 bits per heavy atom. The van der Waals surface area contributed by atoms with Crippen molar-refractivity contribution in [1.82, 2.24) is 4.98 Å². The number of anilines is 1. The van der Waals surface area contributed by atoms with Crippen molar-refractivity contribution in [3.05, 3.63) is 59.5 Å². The smallest absolute Gasteiger partial charge is 0.255 e. The van der Waals surface area contributed by atoms with E-state index in [0.717, 1.165) is 11.1 Å². The highest BCUT2D eigenvalue weighted by molar-refractivity contribution is 6.04. The minimum Gasteiger partial charge on any atom is -0.441 e. The topological polar surface area (TPSA) is 55.1 Å². The molecule has 20 heavy (non-hydrogen) atoms. The van der Waals surface area contributed by atoms with Crippen molar-refractivity contribution in [3.8, 4) is 0 Å². The first-order valence-corrected chi connectivity index (χ1v) is 6.37. The number of fused-ring (bicyclic) bond motifs is 1. The second-order valence-electron chi connectivity index (χ2n) is 4.74. The molecule has 0 fully saturated rings. The number of nitrogens with one attached hydrogen (secondary N) is 1. The van der Waals surface area contributed by atoms with Gasteiger partial charge in [-0.3, -0.25) is 4.79 Å². The van der Waals surface area contributed by atoms with Crippen LogP contribution in [0.25, 0.3) is 11.1 Å². The van der Waals surface area contributed by atoms with Gasteiger partial charge in [0.1, 0.15) is 5.52 Å². The van der Waals surface area contributed by atoms with Crippen molar-refractivity contribution in [3.63, 3.8) is 0 Å². The number of oxazole rings is 1. The summed E-state index contributed by atoms with van der Waals surface area (Å²) in [6.07, 6.45) is 0. The van der Waals surface area contributed by atoms with Gasteiger partial charge < -0.3 is 9.73 Å². The number of benzene rings is 2. The fourth-order valence-electron chi connectivity index (χ4n) is 2.11. The van der Waals surface area contributed by atoms with Crippen molar-refractivity contribution in [2.45, 2.75) is 13.8 Å². The molecule has 1 N–H and O–H groups in total. The van der Waals surface area contributed by atoms with Gasteiger partial charge >= 0.3 is 0 Å². The standard InChI is InChI=1S/C16H14N2O2/c1-10-4-3-5-12(8-10)16(19)18-13-6-7-14-15(9-13)20-11(2)17-14/h3-9H,1-2H3,(H,18,19). The quantitative estimate of drug-likeness (QED) is 0.769. The summed E-state index contributed by atoms with van der Waals surface area (Å²) in [6.45, 7) is 3.76. The molecule has 0 radical (unpaired) electrons. The van der Waals surface area contributed by atoms with Crippen molar-refractivity contribution < 1.29 is 9.21 Å². The van der Waals surface area contributed by atoms with E-state index in [0.29, 0.717) is 22.7 Å². The highest BCUT2D eigenvalue weighted by atomic mass is 16.3. The number of carbonyl (C=O) groups is 1. The first kappa shape index (κ1) is 12.4. The molecular weight excluding hydrogens is 252 g/mol. The van der Waals surface area contributed by atoms with Gasteiger partial charge in [0.2, 0.25) is 0 Å². The lowest BCUT2D eigenvalue weighted by Gasteiger charge is -2.05. The van der Waals surface area contributed by atoms with E-state index in [9.17, 15) is 4.79 Å². The van der Waals surface area contributed by atoms with Gasteiger partial charge in [0.05, 0.1) is 0 Å². The number of carbonyl (C=O) groups excluding carboxylic acids is 1. The average Bonchev–Trinajstić information content (AvgIpc) is 2.78. The summed E-state index contributed by atoms with van der Waals surface area (Å²) in [6, 6.07) is 12.9. The highest BCUT2D eigenvalue weighted by Crippen LogP contribution is 2.20. The molecule has 0 aliphatic carbocycles. The van der Waals surface area contributed by atoms with E-state index >= 15 is 0 Å². The summed E-state index contributed by atoms with van der Waals surface area (Å²) < 4.78 is 5.45. The van der Waals surface area contributed by atoms with E-state index in [-0.39, 0.29) is 5.91 Å². The molecule has 0 atom stereocenters. The van der Waals surface area contributed by atoms with Crippen LogP contribution in [-0.4, -0.2) is 10.9 Å². The molecule has 0 aliphatic rings. The van der Waals surface area contributed by atoms with E-state index in [1.807, 2.05) is 37.3 Å². The van der Waals surface area contributed by atoms with Crippen LogP contribution in [-0.2, 0) is 0 Å². The zero-order valence-corrected chi connectivity index (χ0v) is 11.3. The van der Waals surface area contributed by atoms with Crippen LogP contribution in [0.4, 0.5) is 5.69 Å². The molecule has 100 valence electrons. The van der Waals surface area contributed by atoms with Crippen molar-refractivity contribution >= 4 is 22.7 Å². The molecule has 0 bridgehead atoms. The lowest BCUT2D eigenvalue weighted by Crippen LogP contribution is -2.11. The van der Waals surface area contributed by atoms with Gasteiger partial charge in [-0.1, -0.05) is 17.7 Å². The summed E-state index contributed by atoms with van der Waals surface area (Å²) in [5.74, 6) is 0.478. The van der Waals surface area contributed by atoms with Gasteiger partial charge in [0.15, 0.2) is 11.5 Å².